The number of carbonyl (C=O) groups is 2. The van der Waals surface area contributed by atoms with E-state index in [-0.39, 0.29) is 32.6 Å². The van der Waals surface area contributed by atoms with Crippen LogP contribution in [0.5, 0.6) is 0 Å². The van der Waals surface area contributed by atoms with Gasteiger partial charge in [0.1, 0.15) is 6.61 Å². The van der Waals surface area contributed by atoms with Crippen molar-refractivity contribution in [2.24, 2.45) is 5.73 Å². The van der Waals surface area contributed by atoms with Gasteiger partial charge in [-0.1, -0.05) is 230 Å². The lowest BCUT2D eigenvalue weighted by Gasteiger charge is -2.19. The van der Waals surface area contributed by atoms with E-state index in [1.54, 1.807) is 0 Å². The van der Waals surface area contributed by atoms with Gasteiger partial charge < -0.3 is 20.1 Å². The van der Waals surface area contributed by atoms with Crippen molar-refractivity contribution in [2.75, 3.05) is 26.4 Å². The topological polar surface area (TPSA) is 134 Å². The van der Waals surface area contributed by atoms with Crippen molar-refractivity contribution in [3.05, 3.63) is 158 Å². The first-order chi connectivity index (χ1) is 35.8. The molecular weight excluding hydrogens is 930 g/mol. The van der Waals surface area contributed by atoms with Crippen LogP contribution in [0.1, 0.15) is 194 Å². The highest BCUT2D eigenvalue weighted by molar-refractivity contribution is 7.47. The SMILES string of the molecule is CC/C=C\C/C=C\C/C=C\C/C=C\C/C=C\C/C=C\C/C=C\C/C=C\C/C=C\CCCCCCCCCCCCCC(=O)OC(COC(=O)CC/C=C\C/C=C\C/C=C\C/C=C\CC)COP(=O)(O)OCCN. The second-order valence-electron chi connectivity index (χ2n) is 17.7. The molecule has 0 heterocycles. The van der Waals surface area contributed by atoms with Crippen molar-refractivity contribution < 1.29 is 37.6 Å². The van der Waals surface area contributed by atoms with Crippen LogP contribution in [-0.4, -0.2) is 49.3 Å². The largest absolute Gasteiger partial charge is 0.472 e. The number of esters is 2. The summed E-state index contributed by atoms with van der Waals surface area (Å²) in [6, 6.07) is 0. The molecule has 2 atom stereocenters. The van der Waals surface area contributed by atoms with E-state index >= 15 is 0 Å². The van der Waals surface area contributed by atoms with Gasteiger partial charge in [0, 0.05) is 19.4 Å². The Morgan fingerprint density at radius 3 is 1.11 bits per heavy atom. The van der Waals surface area contributed by atoms with E-state index in [1.807, 2.05) is 12.2 Å². The van der Waals surface area contributed by atoms with E-state index in [0.29, 0.717) is 12.8 Å². The van der Waals surface area contributed by atoms with Gasteiger partial charge in [-0.15, -0.1) is 0 Å². The molecule has 0 aliphatic carbocycles. The monoisotopic (exact) mass is 1030 g/mol. The van der Waals surface area contributed by atoms with Crippen LogP contribution < -0.4 is 5.73 Å². The third kappa shape index (κ3) is 56.8. The molecule has 10 heteroatoms. The number of ether oxygens (including phenoxy) is 2. The number of unbranched alkanes of at least 4 members (excludes halogenated alkanes) is 11. The van der Waals surface area contributed by atoms with Crippen LogP contribution in [0.4, 0.5) is 0 Å². The summed E-state index contributed by atoms with van der Waals surface area (Å²) < 4.78 is 32.8. The van der Waals surface area contributed by atoms with E-state index in [2.05, 4.69) is 160 Å². The molecule has 0 bridgehead atoms. The fourth-order valence-corrected chi connectivity index (χ4v) is 7.64. The first-order valence-corrected chi connectivity index (χ1v) is 29.5. The smallest absolute Gasteiger partial charge is 0.462 e. The second kappa shape index (κ2) is 56.9. The summed E-state index contributed by atoms with van der Waals surface area (Å²) in [5.41, 5.74) is 5.36. The molecule has 0 spiro atoms. The Morgan fingerprint density at radius 2 is 0.740 bits per heavy atom. The number of hydrogen-bond acceptors (Lipinski definition) is 8. The maximum atomic E-state index is 12.7. The molecule has 0 saturated carbocycles. The summed E-state index contributed by atoms with van der Waals surface area (Å²) >= 11 is 0. The highest BCUT2D eigenvalue weighted by Gasteiger charge is 2.26. The summed E-state index contributed by atoms with van der Waals surface area (Å²) in [7, 11) is -4.41. The Kier molecular flexibility index (Phi) is 53.5. The highest BCUT2D eigenvalue weighted by Crippen LogP contribution is 2.43. The number of allylic oxidation sites excluding steroid dienone is 26. The Labute approximate surface area is 445 Å². The van der Waals surface area contributed by atoms with Crippen molar-refractivity contribution in [1.82, 2.24) is 0 Å². The lowest BCUT2D eigenvalue weighted by molar-refractivity contribution is -0.161. The van der Waals surface area contributed by atoms with Crippen LogP contribution >= 0.6 is 7.82 Å². The molecule has 0 amide bonds. The minimum Gasteiger partial charge on any atom is -0.462 e. The number of phosphoric acid groups is 1. The van der Waals surface area contributed by atoms with Gasteiger partial charge in [0.25, 0.3) is 0 Å². The maximum Gasteiger partial charge on any atom is 0.472 e. The van der Waals surface area contributed by atoms with Crippen LogP contribution in [0, 0.1) is 0 Å². The van der Waals surface area contributed by atoms with Crippen LogP contribution in [0.15, 0.2) is 158 Å². The zero-order valence-electron chi connectivity index (χ0n) is 45.5. The molecule has 0 radical (unpaired) electrons. The lowest BCUT2D eigenvalue weighted by Crippen LogP contribution is -2.29. The summed E-state index contributed by atoms with van der Waals surface area (Å²) in [6.07, 6.45) is 83.3. The molecule has 9 nitrogen and oxygen atoms in total. The molecule has 2 unspecified atom stereocenters. The van der Waals surface area contributed by atoms with Gasteiger partial charge in [-0.3, -0.25) is 18.6 Å². The Morgan fingerprint density at radius 1 is 0.411 bits per heavy atom. The fraction of sp³-hybridized carbons (Fsp3) is 0.556. The second-order valence-corrected chi connectivity index (χ2v) is 19.1. The Bertz CT molecular complexity index is 1740. The van der Waals surface area contributed by atoms with Crippen molar-refractivity contribution in [3.63, 3.8) is 0 Å². The molecule has 0 aliphatic rings. The Hall–Kier alpha value is -4.37. The average molecular weight is 1030 g/mol. The van der Waals surface area contributed by atoms with Gasteiger partial charge in [-0.05, 0) is 109 Å². The fourth-order valence-electron chi connectivity index (χ4n) is 6.88. The van der Waals surface area contributed by atoms with Gasteiger partial charge in [-0.2, -0.15) is 0 Å². The van der Waals surface area contributed by atoms with Crippen LogP contribution in [-0.2, 0) is 32.7 Å². The quantitative estimate of drug-likeness (QED) is 0.0264. The number of hydrogen-bond donors (Lipinski definition) is 2. The van der Waals surface area contributed by atoms with Crippen LogP contribution in [0.2, 0.25) is 0 Å². The molecule has 0 aromatic carbocycles. The third-order valence-corrected chi connectivity index (χ3v) is 11.9. The minimum atomic E-state index is -4.41. The van der Waals surface area contributed by atoms with Gasteiger partial charge in [0.05, 0.1) is 13.2 Å². The van der Waals surface area contributed by atoms with Crippen molar-refractivity contribution in [3.8, 4) is 0 Å². The molecule has 0 rings (SSSR count). The standard InChI is InChI=1S/C63H100NO8P/c1-3-5-7-9-11-13-15-17-18-19-20-21-22-23-24-25-26-27-28-29-30-31-32-33-34-35-36-37-38-39-40-41-42-44-46-48-50-52-54-56-63(66)72-61(60-71-73(67,68)70-58-57-64)59-69-62(65)55-53-51-49-47-45-43-16-14-12-10-8-6-4-2/h5-8,11-14,17-18,20-21,23-24,26-27,29-30,32-33,35-36,43,45,49,51,61H,3-4,9-10,15-16,19,22,25,28,31,34,37-42,44,46-48,50,52-60,64H2,1-2H3,(H,67,68)/b7-5-,8-6-,13-11-,14-12-,18-17-,21-20-,24-23-,27-26-,30-29-,33-32-,36-35-,45-43-,51-49-. The first kappa shape index (κ1) is 68.6. The number of rotatable bonds is 50. The molecule has 73 heavy (non-hydrogen) atoms. The minimum absolute atomic E-state index is 0.0363. The maximum absolute atomic E-state index is 12.7. The summed E-state index contributed by atoms with van der Waals surface area (Å²) in [5, 5.41) is 0. The number of phosphoric ester groups is 1. The predicted octanol–water partition coefficient (Wildman–Crippen LogP) is 17.7. The molecule has 0 aromatic heterocycles. The van der Waals surface area contributed by atoms with Gasteiger partial charge in [-0.25, -0.2) is 4.57 Å². The van der Waals surface area contributed by atoms with Gasteiger partial charge in [0.15, 0.2) is 6.10 Å². The van der Waals surface area contributed by atoms with Crippen LogP contribution in [0.25, 0.3) is 0 Å². The molecule has 0 fully saturated rings. The first-order valence-electron chi connectivity index (χ1n) is 28.0. The van der Waals surface area contributed by atoms with Crippen LogP contribution in [0.3, 0.4) is 0 Å². The molecule has 0 aromatic rings. The van der Waals surface area contributed by atoms with E-state index in [0.717, 1.165) is 109 Å². The summed E-state index contributed by atoms with van der Waals surface area (Å²) in [4.78, 5) is 35.0. The van der Waals surface area contributed by atoms with Crippen molar-refractivity contribution >= 4 is 19.8 Å². The molecule has 410 valence electrons. The third-order valence-electron chi connectivity index (χ3n) is 10.9. The summed E-state index contributed by atoms with van der Waals surface area (Å²) in [6.45, 7) is 3.39. The lowest BCUT2D eigenvalue weighted by atomic mass is 10.0. The zero-order valence-corrected chi connectivity index (χ0v) is 46.4. The highest BCUT2D eigenvalue weighted by atomic mass is 31.2. The van der Waals surface area contributed by atoms with E-state index in [4.69, 9.17) is 24.3 Å². The van der Waals surface area contributed by atoms with Crippen molar-refractivity contribution in [1.29, 1.82) is 0 Å². The predicted molar refractivity (Wildman–Crippen MR) is 311 cm³/mol. The molecular formula is C63H100NO8P. The molecule has 0 aliphatic heterocycles. The zero-order chi connectivity index (χ0) is 53.1. The number of nitrogens with two attached hydrogens (primary N) is 1. The van der Waals surface area contributed by atoms with Crippen molar-refractivity contribution in [2.45, 2.75) is 200 Å². The van der Waals surface area contributed by atoms with Gasteiger partial charge in [0.2, 0.25) is 0 Å². The van der Waals surface area contributed by atoms with Gasteiger partial charge >= 0.3 is 19.8 Å². The Balaban J connectivity index is 3.99. The van der Waals surface area contributed by atoms with E-state index < -0.39 is 32.5 Å². The molecule has 0 saturated heterocycles. The summed E-state index contributed by atoms with van der Waals surface area (Å²) in [5.74, 6) is -0.939. The normalized spacial score (nSPS) is 14.3. The molecule has 3 N–H and O–H groups in total. The average Bonchev–Trinajstić information content (AvgIpc) is 3.38. The van der Waals surface area contributed by atoms with E-state index in [9.17, 15) is 19.0 Å². The number of carbonyl (C=O) groups excluding carboxylic acids is 2. The van der Waals surface area contributed by atoms with E-state index in [1.165, 1.54) is 44.9 Å².